The van der Waals surface area contributed by atoms with Crippen LogP contribution in [0.25, 0.3) is 0 Å². The van der Waals surface area contributed by atoms with E-state index < -0.39 is 68.5 Å². The number of nitrogens with zero attached hydrogens (tertiary/aromatic N) is 1. The highest BCUT2D eigenvalue weighted by Crippen LogP contribution is 2.45. The van der Waals surface area contributed by atoms with Gasteiger partial charge in [-0.1, -0.05) is 6.08 Å². The number of hydrogen-bond acceptors (Lipinski definition) is 8. The summed E-state index contributed by atoms with van der Waals surface area (Å²) in [7, 11) is -3.79. The summed E-state index contributed by atoms with van der Waals surface area (Å²) >= 11 is 0. The van der Waals surface area contributed by atoms with Crippen LogP contribution in [0.1, 0.15) is 44.9 Å². The van der Waals surface area contributed by atoms with Gasteiger partial charge in [0.25, 0.3) is 11.8 Å². The monoisotopic (exact) mass is 496 g/mol. The number of hydrogen-bond donors (Lipinski definition) is 3. The van der Waals surface area contributed by atoms with Crippen LogP contribution in [0, 0.1) is 5.92 Å². The molecular weight excluding hydrogens is 468 g/mol. The van der Waals surface area contributed by atoms with E-state index in [1.54, 1.807) is 0 Å². The molecule has 0 radical (unpaired) electrons. The average Bonchev–Trinajstić information content (AvgIpc) is 3.67. The third kappa shape index (κ3) is 4.79. The average molecular weight is 497 g/mol. The van der Waals surface area contributed by atoms with Crippen molar-refractivity contribution in [3.8, 4) is 0 Å². The first kappa shape index (κ1) is 24.2. The van der Waals surface area contributed by atoms with Gasteiger partial charge in [-0.15, -0.1) is 6.58 Å². The normalized spacial score (nSPS) is 30.3. The summed E-state index contributed by atoms with van der Waals surface area (Å²) in [6.07, 6.45) is 3.08. The molecule has 2 saturated heterocycles. The zero-order valence-electron chi connectivity index (χ0n) is 18.6. The Bertz CT molecular complexity index is 1040. The van der Waals surface area contributed by atoms with E-state index in [4.69, 9.17) is 4.74 Å². The van der Waals surface area contributed by atoms with Gasteiger partial charge in [-0.25, -0.2) is 8.42 Å². The zero-order chi connectivity index (χ0) is 24.7. The Kier molecular flexibility index (Phi) is 6.40. The van der Waals surface area contributed by atoms with Gasteiger partial charge in [0, 0.05) is 25.3 Å². The molecule has 4 atom stereocenters. The minimum Gasteiger partial charge on any atom is -0.452 e. The van der Waals surface area contributed by atoms with Crippen LogP contribution in [0.3, 0.4) is 0 Å². The second-order valence-corrected chi connectivity index (χ2v) is 11.1. The van der Waals surface area contributed by atoms with Crippen molar-refractivity contribution in [3.63, 3.8) is 0 Å². The lowest BCUT2D eigenvalue weighted by atomic mass is 10.1. The van der Waals surface area contributed by atoms with Gasteiger partial charge in [-0.3, -0.25) is 28.7 Å². The number of sulfonamides is 1. The van der Waals surface area contributed by atoms with Crippen molar-refractivity contribution in [3.05, 3.63) is 12.7 Å². The van der Waals surface area contributed by atoms with E-state index in [1.165, 1.54) is 11.0 Å². The molecule has 2 saturated carbocycles. The van der Waals surface area contributed by atoms with Crippen LogP contribution in [-0.2, 0) is 38.7 Å². The molecule has 4 rings (SSSR count). The number of likely N-dealkylation sites (tertiary alicyclic amines) is 1. The third-order valence-electron chi connectivity index (χ3n) is 6.72. The molecule has 34 heavy (non-hydrogen) atoms. The van der Waals surface area contributed by atoms with Crippen molar-refractivity contribution in [1.82, 2.24) is 20.3 Å². The maximum Gasteiger partial charge on any atom is 0.306 e. The van der Waals surface area contributed by atoms with Crippen LogP contribution in [0.4, 0.5) is 0 Å². The van der Waals surface area contributed by atoms with Crippen LogP contribution in [0.5, 0.6) is 0 Å². The van der Waals surface area contributed by atoms with Gasteiger partial charge >= 0.3 is 5.97 Å². The Morgan fingerprint density at radius 2 is 1.88 bits per heavy atom. The molecule has 0 aromatic carbocycles. The van der Waals surface area contributed by atoms with Crippen LogP contribution >= 0.6 is 0 Å². The molecule has 0 spiro atoms. The van der Waals surface area contributed by atoms with E-state index in [1.807, 2.05) is 0 Å². The van der Waals surface area contributed by atoms with Gasteiger partial charge in [0.2, 0.25) is 21.8 Å². The quantitative estimate of drug-likeness (QED) is 0.255. The summed E-state index contributed by atoms with van der Waals surface area (Å²) in [6, 6.07) is -0.857. The Hall–Kier alpha value is -2.96. The van der Waals surface area contributed by atoms with Crippen LogP contribution < -0.4 is 15.4 Å². The van der Waals surface area contributed by atoms with Gasteiger partial charge in [0.1, 0.15) is 11.6 Å². The molecule has 0 bridgehead atoms. The molecular formula is C21H28N4O8S. The lowest BCUT2D eigenvalue weighted by Gasteiger charge is -2.27. The SMILES string of the molecule is C=C[C@@H]1C[C@]1(NC(=O)[C@@H]1CCCN1C(=O)CNC(=O)[C@H]1CCC(=O)O1)C(=O)NS(=O)(=O)C1CC1. The Balaban J connectivity index is 1.35. The largest absolute Gasteiger partial charge is 0.452 e. The number of esters is 1. The maximum absolute atomic E-state index is 13.1. The molecule has 12 nitrogen and oxygen atoms in total. The van der Waals surface area contributed by atoms with E-state index in [-0.39, 0.29) is 25.8 Å². The smallest absolute Gasteiger partial charge is 0.306 e. The fourth-order valence-electron chi connectivity index (χ4n) is 4.45. The maximum atomic E-state index is 13.1. The summed E-state index contributed by atoms with van der Waals surface area (Å²) in [5.74, 6) is -3.31. The number of cyclic esters (lactones) is 1. The molecule has 4 aliphatic rings. The molecule has 0 aromatic rings. The Morgan fingerprint density at radius 1 is 1.15 bits per heavy atom. The zero-order valence-corrected chi connectivity index (χ0v) is 19.4. The Labute approximate surface area is 196 Å². The topological polar surface area (TPSA) is 168 Å². The molecule has 0 aromatic heterocycles. The molecule has 4 amide bonds. The van der Waals surface area contributed by atoms with Crippen molar-refractivity contribution < 1.29 is 37.1 Å². The van der Waals surface area contributed by atoms with Gasteiger partial charge in [0.05, 0.1) is 11.8 Å². The minimum absolute atomic E-state index is 0.142. The highest BCUT2D eigenvalue weighted by atomic mass is 32.2. The summed E-state index contributed by atoms with van der Waals surface area (Å²) in [6.45, 7) is 3.59. The fourth-order valence-corrected chi connectivity index (χ4v) is 5.81. The molecule has 4 fully saturated rings. The predicted octanol–water partition coefficient (Wildman–Crippen LogP) is -1.53. The number of carbonyl (C=O) groups is 5. The summed E-state index contributed by atoms with van der Waals surface area (Å²) < 4.78 is 31.4. The standard InChI is InChI=1S/C21H28N4O8S/c1-2-12-10-21(12,20(30)24-34(31,32)13-5-6-13)23-18(28)14-4-3-9-25(14)16(26)11-22-19(29)15-7-8-17(27)33-15/h2,12-15H,1,3-11H2,(H,22,29)(H,23,28)(H,24,30)/t12-,14+,15-,21-/m1/s1. The number of rotatable bonds is 9. The van der Waals surface area contributed by atoms with Crippen LogP contribution in [-0.4, -0.2) is 78.9 Å². The van der Waals surface area contributed by atoms with Gasteiger partial charge < -0.3 is 20.3 Å². The van der Waals surface area contributed by atoms with Gasteiger partial charge in [-0.05, 0) is 32.1 Å². The number of carbonyl (C=O) groups excluding carboxylic acids is 5. The fraction of sp³-hybridized carbons (Fsp3) is 0.667. The summed E-state index contributed by atoms with van der Waals surface area (Å²) in [4.78, 5) is 63.2. The van der Waals surface area contributed by atoms with E-state index >= 15 is 0 Å². The highest BCUT2D eigenvalue weighted by molar-refractivity contribution is 7.91. The van der Waals surface area contributed by atoms with Crippen LogP contribution in [0.15, 0.2) is 12.7 Å². The van der Waals surface area contributed by atoms with Crippen molar-refractivity contribution in [2.45, 2.75) is 67.9 Å². The first-order valence-corrected chi connectivity index (χ1v) is 12.9. The van der Waals surface area contributed by atoms with Crippen molar-refractivity contribution in [1.29, 1.82) is 0 Å². The summed E-state index contributed by atoms with van der Waals surface area (Å²) in [5, 5.41) is 4.51. The molecule has 2 aliphatic carbocycles. The second-order valence-electron chi connectivity index (χ2n) is 9.16. The minimum atomic E-state index is -3.79. The van der Waals surface area contributed by atoms with Crippen molar-refractivity contribution in [2.75, 3.05) is 13.1 Å². The first-order chi connectivity index (χ1) is 16.1. The van der Waals surface area contributed by atoms with E-state index in [9.17, 15) is 32.4 Å². The van der Waals surface area contributed by atoms with Gasteiger partial charge in [0.15, 0.2) is 6.10 Å². The molecule has 13 heteroatoms. The van der Waals surface area contributed by atoms with E-state index in [0.717, 1.165) is 0 Å². The number of nitrogens with one attached hydrogen (secondary N) is 3. The van der Waals surface area contributed by atoms with E-state index in [2.05, 4.69) is 21.9 Å². The third-order valence-corrected chi connectivity index (χ3v) is 8.53. The van der Waals surface area contributed by atoms with Gasteiger partial charge in [-0.2, -0.15) is 0 Å². The highest BCUT2D eigenvalue weighted by Gasteiger charge is 2.61. The first-order valence-electron chi connectivity index (χ1n) is 11.3. The van der Waals surface area contributed by atoms with Crippen molar-refractivity contribution in [2.24, 2.45) is 5.92 Å². The lowest BCUT2D eigenvalue weighted by Crippen LogP contribution is -2.57. The van der Waals surface area contributed by atoms with Crippen LogP contribution in [0.2, 0.25) is 0 Å². The molecule has 0 unspecified atom stereocenters. The van der Waals surface area contributed by atoms with E-state index in [0.29, 0.717) is 32.2 Å². The predicted molar refractivity (Wildman–Crippen MR) is 116 cm³/mol. The number of amides is 4. The second kappa shape index (κ2) is 9.01. The molecule has 2 aliphatic heterocycles. The molecule has 2 heterocycles. The molecule has 3 N–H and O–H groups in total. The van der Waals surface area contributed by atoms with Crippen molar-refractivity contribution >= 4 is 39.6 Å². The lowest BCUT2D eigenvalue weighted by molar-refractivity contribution is -0.148. The summed E-state index contributed by atoms with van der Waals surface area (Å²) in [5.41, 5.74) is -1.42. The molecule has 186 valence electrons. The Morgan fingerprint density at radius 3 is 2.47 bits per heavy atom. The number of ether oxygens (including phenoxy) is 1.